The van der Waals surface area contributed by atoms with E-state index in [1.54, 1.807) is 6.92 Å². The number of hydrogen-bond acceptors (Lipinski definition) is 5. The van der Waals surface area contributed by atoms with Crippen molar-refractivity contribution in [2.45, 2.75) is 32.8 Å². The molecule has 26 heavy (non-hydrogen) atoms. The molecule has 0 bridgehead atoms. The van der Waals surface area contributed by atoms with Gasteiger partial charge in [-0.1, -0.05) is 37.3 Å². The number of aromatic nitrogens is 1. The van der Waals surface area contributed by atoms with Gasteiger partial charge >= 0.3 is 5.97 Å². The van der Waals surface area contributed by atoms with Gasteiger partial charge in [0.2, 0.25) is 0 Å². The Morgan fingerprint density at radius 1 is 1.19 bits per heavy atom. The van der Waals surface area contributed by atoms with Gasteiger partial charge in [-0.2, -0.15) is 0 Å². The predicted molar refractivity (Wildman–Crippen MR) is 103 cm³/mol. The molecule has 0 saturated heterocycles. The van der Waals surface area contributed by atoms with Gasteiger partial charge in [0.05, 0.1) is 12.1 Å². The lowest BCUT2D eigenvalue weighted by molar-refractivity contribution is -0.152. The number of ether oxygens (including phenoxy) is 1. The van der Waals surface area contributed by atoms with Crippen LogP contribution in [0.5, 0.6) is 0 Å². The number of rotatable bonds is 6. The van der Waals surface area contributed by atoms with Crippen molar-refractivity contribution in [1.82, 2.24) is 4.98 Å². The molecule has 1 N–H and O–H groups in total. The van der Waals surface area contributed by atoms with Crippen molar-refractivity contribution >= 4 is 39.7 Å². The van der Waals surface area contributed by atoms with Crippen LogP contribution < -0.4 is 5.32 Å². The third kappa shape index (κ3) is 4.46. The van der Waals surface area contributed by atoms with E-state index in [0.717, 1.165) is 22.9 Å². The highest BCUT2D eigenvalue weighted by atomic mass is 32.1. The summed E-state index contributed by atoms with van der Waals surface area (Å²) in [7, 11) is 0. The normalized spacial score (nSPS) is 11.9. The van der Waals surface area contributed by atoms with Crippen LogP contribution in [-0.2, 0) is 27.2 Å². The van der Waals surface area contributed by atoms with Gasteiger partial charge in [-0.3, -0.25) is 9.59 Å². The number of fused-ring (bicyclic) bond motifs is 1. The number of esters is 1. The fraction of sp³-hybridized carbons (Fsp3) is 0.250. The molecule has 3 aromatic rings. The van der Waals surface area contributed by atoms with E-state index in [1.165, 1.54) is 11.3 Å². The molecule has 1 aromatic heterocycles. The molecule has 0 unspecified atom stereocenters. The summed E-state index contributed by atoms with van der Waals surface area (Å²) in [5.41, 5.74) is 1.63. The second-order valence-corrected chi connectivity index (χ2v) is 6.89. The summed E-state index contributed by atoms with van der Waals surface area (Å²) in [6, 6.07) is 13.6. The van der Waals surface area contributed by atoms with Crippen LogP contribution in [0.15, 0.2) is 47.8 Å². The van der Waals surface area contributed by atoms with Crippen molar-refractivity contribution in [3.8, 4) is 0 Å². The standard InChI is InChI=1S/C20H20N2O3S/c1-3-16-12-26-18(21-16)11-19(23)25-13(2)20(24)22-17-9-8-14-6-4-5-7-15(14)10-17/h4-10,12-13H,3,11H2,1-2H3,(H,22,24)/t13-/m0/s1. The number of nitrogens with zero attached hydrogens (tertiary/aromatic N) is 1. The summed E-state index contributed by atoms with van der Waals surface area (Å²) < 4.78 is 5.23. The number of nitrogens with one attached hydrogen (secondary N) is 1. The highest BCUT2D eigenvalue weighted by molar-refractivity contribution is 7.09. The van der Waals surface area contributed by atoms with Gasteiger partial charge < -0.3 is 10.1 Å². The number of hydrogen-bond donors (Lipinski definition) is 1. The summed E-state index contributed by atoms with van der Waals surface area (Å²) in [6.45, 7) is 3.57. The predicted octanol–water partition coefficient (Wildman–Crippen LogP) is 3.97. The van der Waals surface area contributed by atoms with E-state index >= 15 is 0 Å². The molecule has 2 aromatic carbocycles. The Morgan fingerprint density at radius 3 is 2.69 bits per heavy atom. The molecule has 1 atom stereocenters. The molecule has 0 aliphatic carbocycles. The van der Waals surface area contributed by atoms with E-state index in [-0.39, 0.29) is 12.3 Å². The summed E-state index contributed by atoms with van der Waals surface area (Å²) in [4.78, 5) is 28.6. The fourth-order valence-corrected chi connectivity index (χ4v) is 3.38. The van der Waals surface area contributed by atoms with Crippen molar-refractivity contribution < 1.29 is 14.3 Å². The smallest absolute Gasteiger partial charge is 0.313 e. The summed E-state index contributed by atoms with van der Waals surface area (Å²) in [5, 5.41) is 7.55. The quantitative estimate of drug-likeness (QED) is 0.669. The molecule has 0 aliphatic rings. The van der Waals surface area contributed by atoms with Gasteiger partial charge in [-0.05, 0) is 36.2 Å². The summed E-state index contributed by atoms with van der Waals surface area (Å²) in [6.07, 6.45) is 0.0357. The summed E-state index contributed by atoms with van der Waals surface area (Å²) in [5.74, 6) is -0.815. The van der Waals surface area contributed by atoms with E-state index in [4.69, 9.17) is 4.74 Å². The number of thiazole rings is 1. The van der Waals surface area contributed by atoms with Gasteiger partial charge in [0.1, 0.15) is 5.01 Å². The maximum Gasteiger partial charge on any atom is 0.313 e. The molecule has 5 nitrogen and oxygen atoms in total. The van der Waals surface area contributed by atoms with E-state index < -0.39 is 12.1 Å². The van der Waals surface area contributed by atoms with Crippen molar-refractivity contribution in [3.63, 3.8) is 0 Å². The number of amides is 1. The number of anilines is 1. The average molecular weight is 368 g/mol. The SMILES string of the molecule is CCc1csc(CC(=O)O[C@@H](C)C(=O)Nc2ccc3ccccc3c2)n1. The fourth-order valence-electron chi connectivity index (χ4n) is 2.52. The molecule has 134 valence electrons. The van der Waals surface area contributed by atoms with E-state index in [1.807, 2.05) is 54.8 Å². The number of carbonyl (C=O) groups excluding carboxylic acids is 2. The first kappa shape index (κ1) is 18.1. The first-order valence-corrected chi connectivity index (χ1v) is 9.35. The van der Waals surface area contributed by atoms with Gasteiger partial charge in [-0.25, -0.2) is 4.98 Å². The first-order chi connectivity index (χ1) is 12.5. The van der Waals surface area contributed by atoms with Crippen LogP contribution in [0.25, 0.3) is 10.8 Å². The third-order valence-electron chi connectivity index (χ3n) is 3.95. The van der Waals surface area contributed by atoms with Crippen LogP contribution in [0, 0.1) is 0 Å². The highest BCUT2D eigenvalue weighted by Gasteiger charge is 2.19. The molecule has 1 amide bonds. The van der Waals surface area contributed by atoms with E-state index in [0.29, 0.717) is 10.7 Å². The van der Waals surface area contributed by atoms with Gasteiger partial charge in [-0.15, -0.1) is 11.3 Å². The molecule has 0 aliphatic heterocycles. The maximum atomic E-state index is 12.3. The molecule has 6 heteroatoms. The average Bonchev–Trinajstić information content (AvgIpc) is 3.08. The maximum absolute atomic E-state index is 12.3. The van der Waals surface area contributed by atoms with Crippen molar-refractivity contribution in [2.75, 3.05) is 5.32 Å². The van der Waals surface area contributed by atoms with Crippen LogP contribution in [-0.4, -0.2) is 23.0 Å². The molecule has 1 heterocycles. The zero-order valence-electron chi connectivity index (χ0n) is 14.7. The van der Waals surface area contributed by atoms with Crippen molar-refractivity contribution in [2.24, 2.45) is 0 Å². The second-order valence-electron chi connectivity index (χ2n) is 5.95. The van der Waals surface area contributed by atoms with Gasteiger partial charge in [0.15, 0.2) is 6.10 Å². The largest absolute Gasteiger partial charge is 0.452 e. The van der Waals surface area contributed by atoms with Crippen molar-refractivity contribution in [3.05, 3.63) is 58.5 Å². The molecule has 0 fully saturated rings. The topological polar surface area (TPSA) is 68.3 Å². The number of carbonyl (C=O) groups is 2. The molecular formula is C20H20N2O3S. The third-order valence-corrected chi connectivity index (χ3v) is 4.85. The lowest BCUT2D eigenvalue weighted by Gasteiger charge is -2.13. The zero-order valence-corrected chi connectivity index (χ0v) is 15.5. The number of aryl methyl sites for hydroxylation is 1. The second kappa shape index (κ2) is 8.10. The minimum atomic E-state index is -0.875. The monoisotopic (exact) mass is 368 g/mol. The lowest BCUT2D eigenvalue weighted by atomic mass is 10.1. The van der Waals surface area contributed by atoms with E-state index in [9.17, 15) is 9.59 Å². The Bertz CT molecular complexity index is 935. The Kier molecular flexibility index (Phi) is 5.63. The molecule has 0 saturated carbocycles. The Hall–Kier alpha value is -2.73. The minimum absolute atomic E-state index is 0.0816. The Balaban J connectivity index is 1.57. The Labute approximate surface area is 156 Å². The van der Waals surface area contributed by atoms with Gasteiger partial charge in [0, 0.05) is 11.1 Å². The molecule has 3 rings (SSSR count). The highest BCUT2D eigenvalue weighted by Crippen LogP contribution is 2.19. The van der Waals surface area contributed by atoms with Gasteiger partial charge in [0.25, 0.3) is 5.91 Å². The van der Waals surface area contributed by atoms with Crippen LogP contribution >= 0.6 is 11.3 Å². The number of benzene rings is 2. The minimum Gasteiger partial charge on any atom is -0.452 e. The summed E-state index contributed by atoms with van der Waals surface area (Å²) >= 11 is 1.43. The first-order valence-electron chi connectivity index (χ1n) is 8.47. The van der Waals surface area contributed by atoms with Crippen LogP contribution in [0.1, 0.15) is 24.5 Å². The lowest BCUT2D eigenvalue weighted by Crippen LogP contribution is -2.30. The molecule has 0 spiro atoms. The zero-order chi connectivity index (χ0) is 18.5. The van der Waals surface area contributed by atoms with Crippen molar-refractivity contribution in [1.29, 1.82) is 0 Å². The van der Waals surface area contributed by atoms with E-state index in [2.05, 4.69) is 10.3 Å². The molecule has 0 radical (unpaired) electrons. The molecular weight excluding hydrogens is 348 g/mol. The van der Waals surface area contributed by atoms with Crippen LogP contribution in [0.3, 0.4) is 0 Å². The van der Waals surface area contributed by atoms with Crippen LogP contribution in [0.2, 0.25) is 0 Å². The Morgan fingerprint density at radius 2 is 1.96 bits per heavy atom. The van der Waals surface area contributed by atoms with Crippen LogP contribution in [0.4, 0.5) is 5.69 Å².